The molecule has 0 aliphatic rings. The molecule has 0 aliphatic carbocycles. The lowest BCUT2D eigenvalue weighted by Crippen LogP contribution is -2.60. The van der Waals surface area contributed by atoms with E-state index in [-0.39, 0.29) is 0 Å². The van der Waals surface area contributed by atoms with Gasteiger partial charge in [0.15, 0.2) is 33.3 Å². The highest BCUT2D eigenvalue weighted by Crippen LogP contribution is 2.30. The van der Waals surface area contributed by atoms with Gasteiger partial charge in [-0.1, -0.05) is 57.8 Å². The van der Waals surface area contributed by atoms with Crippen LogP contribution in [0, 0.1) is 0 Å². The minimum Gasteiger partial charge on any atom is -0.420 e. The Kier molecular flexibility index (Phi) is 15.7. The van der Waals surface area contributed by atoms with E-state index >= 15 is 0 Å². The smallest absolute Gasteiger partial charge is 0.420 e. The predicted molar refractivity (Wildman–Crippen MR) is 159 cm³/mol. The molecule has 0 saturated heterocycles. The molecular weight excluding hydrogens is 493 g/mol. The summed E-state index contributed by atoms with van der Waals surface area (Å²) in [6.45, 7) is 25.1. The number of hydrogen-bond acceptors (Lipinski definition) is 4. The van der Waals surface area contributed by atoms with E-state index in [1.54, 1.807) is 0 Å². The molecule has 0 unspecified atom stereocenters. The minimum absolute atomic E-state index is 0.993. The molecule has 0 radical (unpaired) electrons. The van der Waals surface area contributed by atoms with Gasteiger partial charge in [0, 0.05) is 13.2 Å². The summed E-state index contributed by atoms with van der Waals surface area (Å²) in [5, 5.41) is 0. The van der Waals surface area contributed by atoms with E-state index in [2.05, 4.69) is 72.0 Å². The highest BCUT2D eigenvalue weighted by Gasteiger charge is 2.49. The van der Waals surface area contributed by atoms with Gasteiger partial charge in [-0.15, -0.1) is 0 Å². The van der Waals surface area contributed by atoms with Crippen molar-refractivity contribution in [3.05, 3.63) is 0 Å². The Morgan fingerprint density at radius 1 is 0.394 bits per heavy atom. The van der Waals surface area contributed by atoms with Gasteiger partial charge in [-0.2, -0.15) is 0 Å². The molecule has 0 aliphatic heterocycles. The molecule has 0 atom stereocenters. The third kappa shape index (κ3) is 20.8. The molecule has 0 N–H and O–H groups in total. The summed E-state index contributed by atoms with van der Waals surface area (Å²) >= 11 is 0. The summed E-state index contributed by atoms with van der Waals surface area (Å²) in [6, 6.07) is 2.30. The van der Waals surface area contributed by atoms with Gasteiger partial charge in [0.05, 0.1) is 0 Å². The zero-order chi connectivity index (χ0) is 25.8. The minimum atomic E-state index is -2.63. The first-order chi connectivity index (χ1) is 14.9. The Morgan fingerprint density at radius 3 is 0.939 bits per heavy atom. The van der Waals surface area contributed by atoms with Crippen LogP contribution in [0.25, 0.3) is 0 Å². The molecule has 200 valence electrons. The molecule has 0 aromatic carbocycles. The fraction of sp³-hybridized carbons (Fsp3) is 1.00. The van der Waals surface area contributed by atoms with Crippen LogP contribution in [0.1, 0.15) is 64.2 Å². The van der Waals surface area contributed by atoms with E-state index in [4.69, 9.17) is 16.8 Å². The van der Waals surface area contributed by atoms with Crippen molar-refractivity contribution < 1.29 is 16.8 Å². The molecular formula is C24H60O4Si5. The molecule has 0 aromatic rings. The molecule has 0 fully saturated rings. The van der Waals surface area contributed by atoms with Crippen LogP contribution in [-0.2, 0) is 16.8 Å². The summed E-state index contributed by atoms with van der Waals surface area (Å²) in [6.07, 6.45) is 13.4. The molecule has 0 rings (SSSR count). The third-order valence-corrected chi connectivity index (χ3v) is 20.2. The second-order valence-corrected chi connectivity index (χ2v) is 34.7. The van der Waals surface area contributed by atoms with Crippen molar-refractivity contribution in [2.24, 2.45) is 0 Å². The van der Waals surface area contributed by atoms with E-state index < -0.39 is 42.1 Å². The monoisotopic (exact) mass is 552 g/mol. The maximum Gasteiger partial charge on any atom is 0.469 e. The van der Waals surface area contributed by atoms with Crippen LogP contribution in [0.2, 0.25) is 84.1 Å². The standard InChI is InChI=1S/C24H60O4Si5/c1-25-32(11,12)23-21-19-17-15-13-14-16-18-20-22-24-33(26-29(2,3)4,27-30(5,6)7)28-31(8,9)10/h13-24H2,1-12H3. The SMILES string of the molecule is CO[Si](C)(C)CCCCCCCCCCCC[Si](O[Si](C)(C)C)(O[Si](C)(C)C)O[Si](C)(C)C. The van der Waals surface area contributed by atoms with Crippen molar-refractivity contribution in [1.29, 1.82) is 0 Å². The highest BCUT2D eigenvalue weighted by molar-refractivity contribution is 6.90. The quantitative estimate of drug-likeness (QED) is 0.111. The number of unbranched alkanes of at least 4 members (excludes halogenated alkanes) is 9. The van der Waals surface area contributed by atoms with E-state index in [1.807, 2.05) is 7.11 Å². The van der Waals surface area contributed by atoms with Gasteiger partial charge < -0.3 is 16.8 Å². The normalized spacial score (nSPS) is 14.2. The maximum atomic E-state index is 6.79. The van der Waals surface area contributed by atoms with Crippen LogP contribution in [0.4, 0.5) is 0 Å². The molecule has 0 saturated carbocycles. The molecule has 0 bridgehead atoms. The van der Waals surface area contributed by atoms with Crippen molar-refractivity contribution in [3.63, 3.8) is 0 Å². The Morgan fingerprint density at radius 2 is 0.667 bits per heavy atom. The lowest BCUT2D eigenvalue weighted by Gasteiger charge is -2.43. The Labute approximate surface area is 213 Å². The van der Waals surface area contributed by atoms with Crippen molar-refractivity contribution in [2.75, 3.05) is 7.11 Å². The zero-order valence-corrected chi connectivity index (χ0v) is 29.6. The van der Waals surface area contributed by atoms with Gasteiger partial charge >= 0.3 is 8.80 Å². The van der Waals surface area contributed by atoms with Gasteiger partial charge in [-0.25, -0.2) is 0 Å². The molecule has 0 spiro atoms. The van der Waals surface area contributed by atoms with Crippen LogP contribution >= 0.6 is 0 Å². The largest absolute Gasteiger partial charge is 0.469 e. The lowest BCUT2D eigenvalue weighted by atomic mass is 10.1. The third-order valence-electron chi connectivity index (χ3n) is 5.45. The highest BCUT2D eigenvalue weighted by atomic mass is 28.5. The van der Waals surface area contributed by atoms with Gasteiger partial charge in [-0.05, 0) is 84.5 Å². The first-order valence-electron chi connectivity index (χ1n) is 13.5. The Hall–Kier alpha value is 0.924. The second-order valence-electron chi connectivity index (χ2n) is 13.3. The molecule has 9 heteroatoms. The van der Waals surface area contributed by atoms with Crippen molar-refractivity contribution in [1.82, 2.24) is 0 Å². The van der Waals surface area contributed by atoms with Crippen LogP contribution in [-0.4, -0.2) is 49.2 Å². The number of hydrogen-bond donors (Lipinski definition) is 0. The Bertz CT molecular complexity index is 470. The first-order valence-corrected chi connectivity index (χ1v) is 28.8. The van der Waals surface area contributed by atoms with E-state index in [0.29, 0.717) is 0 Å². The van der Waals surface area contributed by atoms with Crippen LogP contribution < -0.4 is 0 Å². The predicted octanol–water partition coefficient (Wildman–Crippen LogP) is 9.23. The van der Waals surface area contributed by atoms with E-state index in [1.165, 1.54) is 70.3 Å². The summed E-state index contributed by atoms with van der Waals surface area (Å²) in [7, 11) is -7.36. The van der Waals surface area contributed by atoms with E-state index in [0.717, 1.165) is 6.04 Å². The van der Waals surface area contributed by atoms with Crippen molar-refractivity contribution in [2.45, 2.75) is 148 Å². The van der Waals surface area contributed by atoms with Gasteiger partial charge in [0.2, 0.25) is 0 Å². The molecule has 0 amide bonds. The van der Waals surface area contributed by atoms with Crippen molar-refractivity contribution in [3.8, 4) is 0 Å². The van der Waals surface area contributed by atoms with E-state index in [9.17, 15) is 0 Å². The van der Waals surface area contributed by atoms with Crippen LogP contribution in [0.3, 0.4) is 0 Å². The average Bonchev–Trinajstić information content (AvgIpc) is 2.58. The number of rotatable bonds is 20. The molecule has 33 heavy (non-hydrogen) atoms. The summed E-state index contributed by atoms with van der Waals surface area (Å²) in [5.41, 5.74) is 0. The lowest BCUT2D eigenvalue weighted by molar-refractivity contribution is 0.250. The molecule has 0 heterocycles. The fourth-order valence-corrected chi connectivity index (χ4v) is 20.1. The topological polar surface area (TPSA) is 36.9 Å². The van der Waals surface area contributed by atoms with Crippen LogP contribution in [0.15, 0.2) is 0 Å². The molecule has 0 aromatic heterocycles. The fourth-order valence-electron chi connectivity index (χ4n) is 4.02. The van der Waals surface area contributed by atoms with Crippen molar-refractivity contribution >= 4 is 42.1 Å². The summed E-state index contributed by atoms with van der Waals surface area (Å²) in [5.74, 6) is 0. The van der Waals surface area contributed by atoms with Crippen LogP contribution in [0.5, 0.6) is 0 Å². The van der Waals surface area contributed by atoms with Gasteiger partial charge in [0.25, 0.3) is 0 Å². The summed E-state index contributed by atoms with van der Waals surface area (Å²) in [4.78, 5) is 0. The zero-order valence-electron chi connectivity index (χ0n) is 24.6. The average molecular weight is 553 g/mol. The summed E-state index contributed by atoms with van der Waals surface area (Å²) < 4.78 is 26.0. The second kappa shape index (κ2) is 15.2. The maximum absolute atomic E-state index is 6.79. The molecule has 4 nitrogen and oxygen atoms in total. The Balaban J connectivity index is 4.35. The first kappa shape index (κ1) is 33.9. The van der Waals surface area contributed by atoms with Gasteiger partial charge in [-0.3, -0.25) is 0 Å². The van der Waals surface area contributed by atoms with Gasteiger partial charge in [0.1, 0.15) is 0 Å².